The lowest BCUT2D eigenvalue weighted by Crippen LogP contribution is -2.54. The zero-order chi connectivity index (χ0) is 33.4. The van der Waals surface area contributed by atoms with E-state index in [4.69, 9.17) is 34.8 Å². The van der Waals surface area contributed by atoms with Crippen molar-refractivity contribution in [3.05, 3.63) is 129 Å². The number of amides is 2. The molecule has 0 aliphatic heterocycles. The molecule has 0 saturated heterocycles. The molecule has 4 rings (SSSR count). The standard InChI is InChI=1S/C35H36Cl3N3O4S/c1-4-25(3)39-35(43)33(21-26-8-6-5-7-9-26)40(22-27-12-19-31(37)32(38)20-27)34(42)23-41(29-15-13-28(36)14-16-29)46(44,45)30-17-10-24(2)11-18-30/h5-20,25,33H,4,21-23H2,1-3H3,(H,39,43)/t25-,33+/m1/s1. The number of sulfonamides is 1. The van der Waals surface area contributed by atoms with Gasteiger partial charge in [-0.2, -0.15) is 0 Å². The van der Waals surface area contributed by atoms with Crippen LogP contribution in [-0.4, -0.2) is 43.8 Å². The van der Waals surface area contributed by atoms with Gasteiger partial charge in [0.25, 0.3) is 10.0 Å². The highest BCUT2D eigenvalue weighted by Gasteiger charge is 2.35. The van der Waals surface area contributed by atoms with E-state index in [9.17, 15) is 18.0 Å². The lowest BCUT2D eigenvalue weighted by atomic mass is 10.0. The second-order valence-corrected chi connectivity index (χ2v) is 14.2. The van der Waals surface area contributed by atoms with Gasteiger partial charge in [-0.15, -0.1) is 0 Å². The average Bonchev–Trinajstić information content (AvgIpc) is 3.04. The quantitative estimate of drug-likeness (QED) is 0.155. The molecule has 2 amide bonds. The second-order valence-electron chi connectivity index (χ2n) is 11.1. The molecule has 46 heavy (non-hydrogen) atoms. The Bertz CT molecular complexity index is 1750. The van der Waals surface area contributed by atoms with Gasteiger partial charge in [0.15, 0.2) is 0 Å². The van der Waals surface area contributed by atoms with Crippen molar-refractivity contribution in [2.24, 2.45) is 0 Å². The van der Waals surface area contributed by atoms with Gasteiger partial charge in [0.05, 0.1) is 20.6 Å². The number of benzene rings is 4. The van der Waals surface area contributed by atoms with E-state index in [2.05, 4.69) is 5.32 Å². The van der Waals surface area contributed by atoms with Gasteiger partial charge in [-0.25, -0.2) is 8.42 Å². The van der Waals surface area contributed by atoms with E-state index < -0.39 is 28.5 Å². The lowest BCUT2D eigenvalue weighted by molar-refractivity contribution is -0.140. The van der Waals surface area contributed by atoms with Crippen LogP contribution in [0.3, 0.4) is 0 Å². The molecule has 1 N–H and O–H groups in total. The number of anilines is 1. The number of halogens is 3. The van der Waals surface area contributed by atoms with E-state index in [0.29, 0.717) is 27.1 Å². The van der Waals surface area contributed by atoms with Crippen molar-refractivity contribution < 1.29 is 18.0 Å². The Labute approximate surface area is 286 Å². The summed E-state index contributed by atoms with van der Waals surface area (Å²) in [5.74, 6) is -0.942. The van der Waals surface area contributed by atoms with Gasteiger partial charge < -0.3 is 10.2 Å². The molecule has 242 valence electrons. The summed E-state index contributed by atoms with van der Waals surface area (Å²) in [6.45, 7) is 5.09. The molecule has 0 fully saturated rings. The summed E-state index contributed by atoms with van der Waals surface area (Å²) in [7, 11) is -4.22. The zero-order valence-electron chi connectivity index (χ0n) is 25.8. The summed E-state index contributed by atoms with van der Waals surface area (Å²) in [6.07, 6.45) is 0.880. The fraction of sp³-hybridized carbons (Fsp3) is 0.257. The first-order chi connectivity index (χ1) is 21.9. The molecular formula is C35H36Cl3N3O4S. The van der Waals surface area contributed by atoms with Crippen LogP contribution in [0.5, 0.6) is 0 Å². The number of nitrogens with one attached hydrogen (secondary N) is 1. The maximum absolute atomic E-state index is 14.5. The van der Waals surface area contributed by atoms with Crippen molar-refractivity contribution in [1.82, 2.24) is 10.2 Å². The Hall–Kier alpha value is -3.56. The molecule has 0 saturated carbocycles. The van der Waals surface area contributed by atoms with Gasteiger partial charge in [-0.1, -0.05) is 95.8 Å². The van der Waals surface area contributed by atoms with Crippen LogP contribution >= 0.6 is 34.8 Å². The summed E-state index contributed by atoms with van der Waals surface area (Å²) in [5.41, 5.74) is 2.59. The summed E-state index contributed by atoms with van der Waals surface area (Å²) in [6, 6.07) is 25.8. The molecule has 0 bridgehead atoms. The van der Waals surface area contributed by atoms with Crippen molar-refractivity contribution in [1.29, 1.82) is 0 Å². The van der Waals surface area contributed by atoms with Gasteiger partial charge in [-0.3, -0.25) is 13.9 Å². The Morgan fingerprint density at radius 1 is 0.826 bits per heavy atom. The van der Waals surface area contributed by atoms with E-state index in [0.717, 1.165) is 15.4 Å². The normalized spacial score (nSPS) is 12.7. The minimum absolute atomic E-state index is 0.0206. The zero-order valence-corrected chi connectivity index (χ0v) is 28.9. The minimum Gasteiger partial charge on any atom is -0.352 e. The lowest BCUT2D eigenvalue weighted by Gasteiger charge is -2.34. The number of hydrogen-bond acceptors (Lipinski definition) is 4. The molecule has 0 aromatic heterocycles. The van der Waals surface area contributed by atoms with E-state index in [-0.39, 0.29) is 35.5 Å². The van der Waals surface area contributed by atoms with Crippen LogP contribution in [0.2, 0.25) is 15.1 Å². The summed E-state index contributed by atoms with van der Waals surface area (Å²) in [4.78, 5) is 29.9. The van der Waals surface area contributed by atoms with Crippen LogP contribution in [0, 0.1) is 6.92 Å². The fourth-order valence-electron chi connectivity index (χ4n) is 4.80. The molecule has 11 heteroatoms. The Morgan fingerprint density at radius 2 is 1.48 bits per heavy atom. The van der Waals surface area contributed by atoms with Crippen molar-refractivity contribution in [2.45, 2.75) is 57.1 Å². The topological polar surface area (TPSA) is 86.8 Å². The first-order valence-electron chi connectivity index (χ1n) is 14.8. The largest absolute Gasteiger partial charge is 0.352 e. The van der Waals surface area contributed by atoms with Crippen LogP contribution in [0.15, 0.2) is 102 Å². The Balaban J connectivity index is 1.82. The molecule has 0 aliphatic rings. The maximum atomic E-state index is 14.5. The van der Waals surface area contributed by atoms with Crippen LogP contribution in [0.1, 0.15) is 37.0 Å². The highest BCUT2D eigenvalue weighted by Crippen LogP contribution is 2.28. The number of nitrogens with zero attached hydrogens (tertiary/aromatic N) is 2. The average molecular weight is 701 g/mol. The number of carbonyl (C=O) groups is 2. The van der Waals surface area contributed by atoms with Crippen molar-refractivity contribution in [2.75, 3.05) is 10.8 Å². The van der Waals surface area contributed by atoms with Gasteiger partial charge in [0, 0.05) is 24.0 Å². The third-order valence-corrected chi connectivity index (χ3v) is 10.4. The Morgan fingerprint density at radius 3 is 2.09 bits per heavy atom. The highest BCUT2D eigenvalue weighted by atomic mass is 35.5. The molecule has 0 heterocycles. The molecule has 0 aliphatic carbocycles. The summed E-state index contributed by atoms with van der Waals surface area (Å²) in [5, 5.41) is 4.06. The fourth-order valence-corrected chi connectivity index (χ4v) is 6.66. The third kappa shape index (κ3) is 9.04. The van der Waals surface area contributed by atoms with Gasteiger partial charge >= 0.3 is 0 Å². The molecule has 4 aromatic rings. The summed E-state index contributed by atoms with van der Waals surface area (Å²) < 4.78 is 29.3. The van der Waals surface area contributed by atoms with Gasteiger partial charge in [-0.05, 0) is 79.9 Å². The van der Waals surface area contributed by atoms with Gasteiger partial charge in [0.2, 0.25) is 11.8 Å². The molecule has 0 radical (unpaired) electrons. The van der Waals surface area contributed by atoms with E-state index in [1.807, 2.05) is 51.1 Å². The number of hydrogen-bond donors (Lipinski definition) is 1. The monoisotopic (exact) mass is 699 g/mol. The maximum Gasteiger partial charge on any atom is 0.264 e. The molecule has 7 nitrogen and oxygen atoms in total. The number of carbonyl (C=O) groups excluding carboxylic acids is 2. The third-order valence-electron chi connectivity index (χ3n) is 7.61. The predicted molar refractivity (Wildman–Crippen MR) is 186 cm³/mol. The SMILES string of the molecule is CC[C@@H](C)NC(=O)[C@H](Cc1ccccc1)N(Cc1ccc(Cl)c(Cl)c1)C(=O)CN(c1ccc(Cl)cc1)S(=O)(=O)c1ccc(C)cc1. The smallest absolute Gasteiger partial charge is 0.264 e. The highest BCUT2D eigenvalue weighted by molar-refractivity contribution is 7.92. The number of rotatable bonds is 13. The van der Waals surface area contributed by atoms with Crippen LogP contribution < -0.4 is 9.62 Å². The van der Waals surface area contributed by atoms with Crippen molar-refractivity contribution >= 4 is 62.3 Å². The molecular weight excluding hydrogens is 665 g/mol. The molecule has 2 atom stereocenters. The molecule has 0 unspecified atom stereocenters. The van der Waals surface area contributed by atoms with E-state index in [1.54, 1.807) is 54.6 Å². The first-order valence-corrected chi connectivity index (χ1v) is 17.4. The van der Waals surface area contributed by atoms with Crippen LogP contribution in [-0.2, 0) is 32.6 Å². The second kappa shape index (κ2) is 15.8. The molecule has 0 spiro atoms. The van der Waals surface area contributed by atoms with Crippen LogP contribution in [0.4, 0.5) is 5.69 Å². The van der Waals surface area contributed by atoms with E-state index >= 15 is 0 Å². The van der Waals surface area contributed by atoms with Crippen molar-refractivity contribution in [3.63, 3.8) is 0 Å². The van der Waals surface area contributed by atoms with Crippen LogP contribution in [0.25, 0.3) is 0 Å². The summed E-state index contributed by atoms with van der Waals surface area (Å²) >= 11 is 18.7. The van der Waals surface area contributed by atoms with E-state index in [1.165, 1.54) is 17.0 Å². The molecule has 4 aromatic carbocycles. The minimum atomic E-state index is -4.22. The first kappa shape index (κ1) is 35.3. The van der Waals surface area contributed by atoms with Gasteiger partial charge in [0.1, 0.15) is 12.6 Å². The number of aryl methyl sites for hydroxylation is 1. The predicted octanol–water partition coefficient (Wildman–Crippen LogP) is 7.71. The van der Waals surface area contributed by atoms with Crippen molar-refractivity contribution in [3.8, 4) is 0 Å². The Kier molecular flexibility index (Phi) is 12.1.